The van der Waals surface area contributed by atoms with Crippen LogP contribution in [0.15, 0.2) is 0 Å². The van der Waals surface area contributed by atoms with E-state index < -0.39 is 0 Å². The normalized spacial score (nSPS) is 13.9. The van der Waals surface area contributed by atoms with Crippen LogP contribution >= 0.6 is 11.6 Å². The topological polar surface area (TPSA) is 51.0 Å². The molecule has 0 fully saturated rings. The van der Waals surface area contributed by atoms with Crippen molar-refractivity contribution in [3.05, 3.63) is 11.6 Å². The molecule has 0 aliphatic carbocycles. The number of aryl methyl sites for hydroxylation is 1. The van der Waals surface area contributed by atoms with Crippen LogP contribution in [0.1, 0.15) is 24.5 Å². The van der Waals surface area contributed by atoms with Gasteiger partial charge in [-0.3, -0.25) is 4.79 Å². The third-order valence-corrected chi connectivity index (χ3v) is 2.99. The van der Waals surface area contributed by atoms with Crippen LogP contribution in [0.3, 0.4) is 0 Å². The summed E-state index contributed by atoms with van der Waals surface area (Å²) in [4.78, 5) is 13.2. The predicted octanol–water partition coefficient (Wildman–Crippen LogP) is 0.812. The van der Waals surface area contributed by atoms with E-state index in [1.165, 1.54) is 0 Å². The number of nitrogens with zero attached hydrogens (tertiary/aromatic N) is 4. The maximum Gasteiger partial charge on any atom is 0.223 e. The van der Waals surface area contributed by atoms with Gasteiger partial charge in [0.05, 0.1) is 6.54 Å². The second-order valence-electron chi connectivity index (χ2n) is 3.98. The van der Waals surface area contributed by atoms with Gasteiger partial charge in [0.25, 0.3) is 0 Å². The number of carbonyl (C=O) groups excluding carboxylic acids is 1. The van der Waals surface area contributed by atoms with Crippen LogP contribution in [0.25, 0.3) is 0 Å². The predicted molar refractivity (Wildman–Crippen MR) is 60.2 cm³/mol. The van der Waals surface area contributed by atoms with Crippen molar-refractivity contribution in [3.63, 3.8) is 0 Å². The molecule has 0 unspecified atom stereocenters. The molecule has 1 amide bonds. The van der Waals surface area contributed by atoms with Crippen LogP contribution < -0.4 is 0 Å². The van der Waals surface area contributed by atoms with Gasteiger partial charge in [-0.1, -0.05) is 0 Å². The Morgan fingerprint density at radius 3 is 3.12 bits per heavy atom. The highest BCUT2D eigenvalue weighted by Crippen LogP contribution is 2.15. The number of alkyl halides is 1. The summed E-state index contributed by atoms with van der Waals surface area (Å²) in [5, 5.41) is 8.21. The van der Waals surface area contributed by atoms with Gasteiger partial charge < -0.3 is 9.47 Å². The zero-order valence-corrected chi connectivity index (χ0v) is 10.1. The summed E-state index contributed by atoms with van der Waals surface area (Å²) in [5.41, 5.74) is 0. The fourth-order valence-corrected chi connectivity index (χ4v) is 2.06. The molecule has 2 heterocycles. The number of hydrogen-bond acceptors (Lipinski definition) is 3. The van der Waals surface area contributed by atoms with Crippen molar-refractivity contribution in [2.75, 3.05) is 12.9 Å². The second kappa shape index (κ2) is 4.82. The maximum atomic E-state index is 11.6. The molecular formula is C10H15ClN4O. The Morgan fingerprint density at radius 1 is 1.56 bits per heavy atom. The lowest BCUT2D eigenvalue weighted by Crippen LogP contribution is -2.27. The highest BCUT2D eigenvalue weighted by Gasteiger charge is 2.19. The van der Waals surface area contributed by atoms with Crippen molar-refractivity contribution in [1.82, 2.24) is 19.7 Å². The number of fused-ring (bicyclic) bond motifs is 1. The molecule has 1 aromatic rings. The Morgan fingerprint density at radius 2 is 2.38 bits per heavy atom. The lowest BCUT2D eigenvalue weighted by atomic mass is 10.4. The van der Waals surface area contributed by atoms with E-state index in [9.17, 15) is 4.79 Å². The Bertz CT molecular complexity index is 390. The molecule has 6 heteroatoms. The molecule has 0 saturated carbocycles. The van der Waals surface area contributed by atoms with Gasteiger partial charge >= 0.3 is 0 Å². The Balaban J connectivity index is 2.01. The second-order valence-corrected chi connectivity index (χ2v) is 4.35. The van der Waals surface area contributed by atoms with E-state index in [0.29, 0.717) is 18.8 Å². The Kier molecular flexibility index (Phi) is 3.43. The first-order valence-corrected chi connectivity index (χ1v) is 5.96. The first-order chi connectivity index (χ1) is 7.72. The zero-order chi connectivity index (χ0) is 11.5. The van der Waals surface area contributed by atoms with Gasteiger partial charge in [0.1, 0.15) is 5.82 Å². The summed E-state index contributed by atoms with van der Waals surface area (Å²) in [5.74, 6) is 2.32. The minimum Gasteiger partial charge on any atom is -0.338 e. The number of amides is 1. The van der Waals surface area contributed by atoms with Crippen LogP contribution in [-0.4, -0.2) is 38.5 Å². The molecule has 1 aliphatic rings. The van der Waals surface area contributed by atoms with E-state index in [1.54, 1.807) is 11.9 Å². The monoisotopic (exact) mass is 242 g/mol. The van der Waals surface area contributed by atoms with Crippen LogP contribution in [0.5, 0.6) is 0 Å². The summed E-state index contributed by atoms with van der Waals surface area (Å²) in [6, 6.07) is 0. The van der Waals surface area contributed by atoms with Crippen LogP contribution in [0, 0.1) is 0 Å². The van der Waals surface area contributed by atoms with E-state index in [2.05, 4.69) is 14.8 Å². The third kappa shape index (κ3) is 2.19. The van der Waals surface area contributed by atoms with Crippen molar-refractivity contribution in [2.24, 2.45) is 0 Å². The van der Waals surface area contributed by atoms with Crippen molar-refractivity contribution in [2.45, 2.75) is 32.4 Å². The fraction of sp³-hybridized carbons (Fsp3) is 0.700. The van der Waals surface area contributed by atoms with E-state index in [0.717, 1.165) is 31.0 Å². The number of carbonyl (C=O) groups is 1. The number of hydrogen-bond donors (Lipinski definition) is 0. The highest BCUT2D eigenvalue weighted by atomic mass is 35.5. The van der Waals surface area contributed by atoms with E-state index in [4.69, 9.17) is 11.6 Å². The Labute approximate surface area is 99.4 Å². The summed E-state index contributed by atoms with van der Waals surface area (Å²) in [6.45, 7) is 1.48. The summed E-state index contributed by atoms with van der Waals surface area (Å²) in [6.07, 6.45) is 2.49. The zero-order valence-electron chi connectivity index (χ0n) is 9.32. The van der Waals surface area contributed by atoms with Gasteiger partial charge in [-0.05, 0) is 6.42 Å². The highest BCUT2D eigenvalue weighted by molar-refractivity contribution is 6.18. The third-order valence-electron chi connectivity index (χ3n) is 2.80. The number of aromatic nitrogens is 3. The average Bonchev–Trinajstić information content (AvgIpc) is 2.83. The first-order valence-electron chi connectivity index (χ1n) is 5.43. The molecule has 1 aliphatic heterocycles. The molecule has 2 rings (SSSR count). The molecule has 0 spiro atoms. The lowest BCUT2D eigenvalue weighted by molar-refractivity contribution is -0.130. The number of rotatable bonds is 4. The van der Waals surface area contributed by atoms with Crippen molar-refractivity contribution < 1.29 is 4.79 Å². The van der Waals surface area contributed by atoms with Gasteiger partial charge in [-0.25, -0.2) is 0 Å². The lowest BCUT2D eigenvalue weighted by Gasteiger charge is -2.16. The van der Waals surface area contributed by atoms with Crippen molar-refractivity contribution >= 4 is 17.5 Å². The first kappa shape index (κ1) is 11.4. The quantitative estimate of drug-likeness (QED) is 0.735. The summed E-state index contributed by atoms with van der Waals surface area (Å²) >= 11 is 5.54. The molecule has 0 aromatic carbocycles. The van der Waals surface area contributed by atoms with Crippen LogP contribution in [-0.2, 0) is 24.3 Å². The molecule has 1 aromatic heterocycles. The Hall–Kier alpha value is -1.10. The maximum absolute atomic E-state index is 11.6. The van der Waals surface area contributed by atoms with Crippen molar-refractivity contribution in [3.8, 4) is 0 Å². The minimum absolute atomic E-state index is 0.0466. The molecule has 0 bridgehead atoms. The molecule has 0 saturated heterocycles. The fourth-order valence-electron chi connectivity index (χ4n) is 1.90. The van der Waals surface area contributed by atoms with Crippen molar-refractivity contribution in [1.29, 1.82) is 0 Å². The molecule has 0 N–H and O–H groups in total. The van der Waals surface area contributed by atoms with Crippen LogP contribution in [0.2, 0.25) is 0 Å². The molecule has 5 nitrogen and oxygen atoms in total. The molecule has 16 heavy (non-hydrogen) atoms. The molecular weight excluding hydrogens is 228 g/mol. The van der Waals surface area contributed by atoms with E-state index in [-0.39, 0.29) is 5.91 Å². The van der Waals surface area contributed by atoms with Gasteiger partial charge in [-0.15, -0.1) is 21.8 Å². The number of halogens is 1. The smallest absolute Gasteiger partial charge is 0.223 e. The average molecular weight is 243 g/mol. The summed E-state index contributed by atoms with van der Waals surface area (Å²) < 4.78 is 2.10. The van der Waals surface area contributed by atoms with E-state index >= 15 is 0 Å². The SMILES string of the molecule is CN(Cc1nnc2n1CCC2)C(=O)CCCl. The minimum atomic E-state index is 0.0466. The van der Waals surface area contributed by atoms with Gasteiger partial charge in [0.15, 0.2) is 5.82 Å². The van der Waals surface area contributed by atoms with Gasteiger partial charge in [0, 0.05) is 32.3 Å². The van der Waals surface area contributed by atoms with Gasteiger partial charge in [-0.2, -0.15) is 0 Å². The standard InChI is InChI=1S/C10H15ClN4O/c1-14(10(16)4-5-11)7-9-13-12-8-3-2-6-15(8)9/h2-7H2,1H3. The largest absolute Gasteiger partial charge is 0.338 e. The van der Waals surface area contributed by atoms with Crippen LogP contribution in [0.4, 0.5) is 0 Å². The molecule has 0 atom stereocenters. The molecule has 88 valence electrons. The molecule has 0 radical (unpaired) electrons. The van der Waals surface area contributed by atoms with E-state index in [1.807, 2.05) is 0 Å². The van der Waals surface area contributed by atoms with Gasteiger partial charge in [0.2, 0.25) is 5.91 Å². The summed E-state index contributed by atoms with van der Waals surface area (Å²) in [7, 11) is 1.77.